The first-order valence-electron chi connectivity index (χ1n) is 10.5. The number of rotatable bonds is 3. The van der Waals surface area contributed by atoms with Crippen LogP contribution in [0.3, 0.4) is 0 Å². The highest BCUT2D eigenvalue weighted by molar-refractivity contribution is 5.96. The molecule has 8 heteroatoms. The number of nitrogens with one attached hydrogen (secondary N) is 1. The zero-order valence-corrected chi connectivity index (χ0v) is 16.7. The van der Waals surface area contributed by atoms with Crippen molar-refractivity contribution in [3.63, 3.8) is 0 Å². The number of carbonyl (C=O) groups is 1. The Morgan fingerprint density at radius 1 is 1.10 bits per heavy atom. The molecule has 1 saturated heterocycles. The van der Waals surface area contributed by atoms with Crippen molar-refractivity contribution >= 4 is 16.9 Å². The molecule has 4 heterocycles. The minimum atomic E-state index is -0.612. The van der Waals surface area contributed by atoms with Gasteiger partial charge in [-0.1, -0.05) is 18.2 Å². The molecule has 2 aliphatic rings. The van der Waals surface area contributed by atoms with Crippen LogP contribution in [0.2, 0.25) is 0 Å². The molecule has 0 aliphatic carbocycles. The van der Waals surface area contributed by atoms with Crippen LogP contribution in [0.5, 0.6) is 0 Å². The fourth-order valence-corrected chi connectivity index (χ4v) is 4.40. The van der Waals surface area contributed by atoms with Gasteiger partial charge in [-0.25, -0.2) is 4.79 Å². The summed E-state index contributed by atoms with van der Waals surface area (Å²) in [5.74, 6) is 2.00. The van der Waals surface area contributed by atoms with E-state index in [0.717, 1.165) is 68.9 Å². The lowest BCUT2D eigenvalue weighted by atomic mass is 9.99. The van der Waals surface area contributed by atoms with Gasteiger partial charge in [0, 0.05) is 43.5 Å². The van der Waals surface area contributed by atoms with Crippen molar-refractivity contribution in [1.29, 1.82) is 0 Å². The van der Waals surface area contributed by atoms with Crippen molar-refractivity contribution in [3.05, 3.63) is 58.0 Å². The molecule has 1 fully saturated rings. The van der Waals surface area contributed by atoms with Crippen molar-refractivity contribution in [2.24, 2.45) is 0 Å². The van der Waals surface area contributed by atoms with E-state index in [2.05, 4.69) is 20.1 Å². The van der Waals surface area contributed by atoms with E-state index in [1.807, 2.05) is 12.1 Å². The van der Waals surface area contributed by atoms with Crippen molar-refractivity contribution in [1.82, 2.24) is 20.1 Å². The summed E-state index contributed by atoms with van der Waals surface area (Å²) in [6, 6.07) is 8.75. The average molecular weight is 408 g/mol. The number of benzene rings is 1. The summed E-state index contributed by atoms with van der Waals surface area (Å²) in [5, 5.41) is 12.6. The van der Waals surface area contributed by atoms with Crippen LogP contribution in [-0.2, 0) is 17.7 Å². The molecule has 1 amide bonds. The minimum absolute atomic E-state index is 0.0346. The number of ether oxygens (including phenoxy) is 1. The summed E-state index contributed by atoms with van der Waals surface area (Å²) in [5.41, 5.74) is -0.0916. The monoisotopic (exact) mass is 408 g/mol. The lowest BCUT2D eigenvalue weighted by Crippen LogP contribution is -2.37. The predicted octanol–water partition coefficient (Wildman–Crippen LogP) is 2.41. The quantitative estimate of drug-likeness (QED) is 0.668. The molecule has 30 heavy (non-hydrogen) atoms. The highest BCUT2D eigenvalue weighted by Crippen LogP contribution is 2.28. The van der Waals surface area contributed by atoms with Gasteiger partial charge in [0.25, 0.3) is 5.91 Å². The highest BCUT2D eigenvalue weighted by atomic mass is 16.5. The molecule has 1 aromatic carbocycles. The van der Waals surface area contributed by atoms with Crippen molar-refractivity contribution in [2.75, 3.05) is 13.2 Å². The number of para-hydroxylation sites is 1. The lowest BCUT2D eigenvalue weighted by Gasteiger charge is -2.22. The second kappa shape index (κ2) is 8.02. The molecular formula is C22H24N4O4. The maximum Gasteiger partial charge on any atom is 0.349 e. The van der Waals surface area contributed by atoms with Gasteiger partial charge in [0.15, 0.2) is 0 Å². The molecule has 5 rings (SSSR count). The topological polar surface area (TPSA) is 99.2 Å². The van der Waals surface area contributed by atoms with Gasteiger partial charge >= 0.3 is 5.63 Å². The number of fused-ring (bicyclic) bond motifs is 2. The summed E-state index contributed by atoms with van der Waals surface area (Å²) in [6.07, 6.45) is 4.21. The first-order valence-corrected chi connectivity index (χ1v) is 10.5. The SMILES string of the molecule is O=C(NC1CCc2nnc(C3CCOCC3)n2CC1)c1cc2ccccc2oc1=O. The predicted molar refractivity (Wildman–Crippen MR) is 109 cm³/mol. The lowest BCUT2D eigenvalue weighted by molar-refractivity contribution is 0.0826. The van der Waals surface area contributed by atoms with Crippen molar-refractivity contribution in [2.45, 2.75) is 50.6 Å². The number of carbonyl (C=O) groups excluding carboxylic acids is 1. The van der Waals surface area contributed by atoms with E-state index in [-0.39, 0.29) is 17.5 Å². The van der Waals surface area contributed by atoms with Crippen LogP contribution in [0.15, 0.2) is 39.5 Å². The maximum absolute atomic E-state index is 12.8. The largest absolute Gasteiger partial charge is 0.422 e. The van der Waals surface area contributed by atoms with Gasteiger partial charge in [-0.2, -0.15) is 0 Å². The Balaban J connectivity index is 1.30. The standard InChI is InChI=1S/C22H24N4O4/c27-21(17-13-15-3-1-2-4-18(15)30-22(17)28)23-16-5-6-19-24-25-20(26(19)10-7-16)14-8-11-29-12-9-14/h1-4,13-14,16H,5-12H2,(H,23,27). The van der Waals surface area contributed by atoms with Crippen LogP contribution < -0.4 is 10.9 Å². The van der Waals surface area contributed by atoms with Gasteiger partial charge in [-0.05, 0) is 37.8 Å². The molecule has 1 unspecified atom stereocenters. The Bertz CT molecular complexity index is 1130. The van der Waals surface area contributed by atoms with Crippen molar-refractivity contribution < 1.29 is 13.9 Å². The summed E-state index contributed by atoms with van der Waals surface area (Å²) in [6.45, 7) is 2.28. The minimum Gasteiger partial charge on any atom is -0.422 e. The summed E-state index contributed by atoms with van der Waals surface area (Å²) in [7, 11) is 0. The van der Waals surface area contributed by atoms with Gasteiger partial charge in [0.05, 0.1) is 0 Å². The zero-order valence-electron chi connectivity index (χ0n) is 16.7. The molecule has 3 aromatic rings. The van der Waals surface area contributed by atoms with Gasteiger partial charge < -0.3 is 19.0 Å². The normalized spacial score (nSPS) is 19.9. The van der Waals surface area contributed by atoms with Gasteiger partial charge in [-0.3, -0.25) is 4.79 Å². The Hall–Kier alpha value is -3.00. The average Bonchev–Trinajstić information content (AvgIpc) is 3.08. The van der Waals surface area contributed by atoms with E-state index in [1.165, 1.54) is 0 Å². The number of hydrogen-bond acceptors (Lipinski definition) is 6. The summed E-state index contributed by atoms with van der Waals surface area (Å²) in [4.78, 5) is 25.1. The fraction of sp³-hybridized carbons (Fsp3) is 0.455. The third-order valence-electron chi connectivity index (χ3n) is 6.08. The third kappa shape index (κ3) is 3.63. The van der Waals surface area contributed by atoms with Crippen LogP contribution in [0.1, 0.15) is 53.6 Å². The molecule has 2 aliphatic heterocycles. The van der Waals surface area contributed by atoms with E-state index >= 15 is 0 Å². The fourth-order valence-electron chi connectivity index (χ4n) is 4.40. The van der Waals surface area contributed by atoms with Crippen molar-refractivity contribution in [3.8, 4) is 0 Å². The first-order chi connectivity index (χ1) is 14.7. The summed E-state index contributed by atoms with van der Waals surface area (Å²) < 4.78 is 13.0. The Morgan fingerprint density at radius 2 is 1.93 bits per heavy atom. The van der Waals surface area contributed by atoms with E-state index in [4.69, 9.17) is 9.15 Å². The van der Waals surface area contributed by atoms with Crippen LogP contribution in [-0.4, -0.2) is 39.9 Å². The third-order valence-corrected chi connectivity index (χ3v) is 6.08. The Morgan fingerprint density at radius 3 is 2.80 bits per heavy atom. The van der Waals surface area contributed by atoms with E-state index < -0.39 is 5.63 Å². The molecule has 1 N–H and O–H groups in total. The first kappa shape index (κ1) is 19.0. The van der Waals surface area contributed by atoms with Gasteiger partial charge in [0.2, 0.25) is 0 Å². The molecule has 2 aromatic heterocycles. The highest BCUT2D eigenvalue weighted by Gasteiger charge is 2.27. The van der Waals surface area contributed by atoms with E-state index in [0.29, 0.717) is 11.5 Å². The second-order valence-corrected chi connectivity index (χ2v) is 8.00. The maximum atomic E-state index is 12.8. The Kier molecular flexibility index (Phi) is 5.08. The van der Waals surface area contributed by atoms with E-state index in [1.54, 1.807) is 18.2 Å². The summed E-state index contributed by atoms with van der Waals surface area (Å²) >= 11 is 0. The number of aromatic nitrogens is 3. The molecule has 0 spiro atoms. The van der Waals surface area contributed by atoms with E-state index in [9.17, 15) is 9.59 Å². The van der Waals surface area contributed by atoms with Gasteiger partial charge in [-0.15, -0.1) is 10.2 Å². The van der Waals surface area contributed by atoms with Crippen LogP contribution >= 0.6 is 0 Å². The van der Waals surface area contributed by atoms with Gasteiger partial charge in [0.1, 0.15) is 22.8 Å². The smallest absolute Gasteiger partial charge is 0.349 e. The van der Waals surface area contributed by atoms with Crippen LogP contribution in [0.4, 0.5) is 0 Å². The zero-order chi connectivity index (χ0) is 20.5. The molecule has 0 saturated carbocycles. The Labute approximate surface area is 173 Å². The molecule has 0 radical (unpaired) electrons. The molecular weight excluding hydrogens is 384 g/mol. The number of aryl methyl sites for hydroxylation is 1. The molecule has 8 nitrogen and oxygen atoms in total. The number of amides is 1. The number of nitrogens with zero attached hydrogens (tertiary/aromatic N) is 3. The number of hydrogen-bond donors (Lipinski definition) is 1. The molecule has 156 valence electrons. The second-order valence-electron chi connectivity index (χ2n) is 8.00. The molecule has 0 bridgehead atoms. The molecule has 1 atom stereocenters. The van der Waals surface area contributed by atoms with Crippen LogP contribution in [0.25, 0.3) is 11.0 Å². The van der Waals surface area contributed by atoms with Crippen LogP contribution in [0, 0.1) is 0 Å².